The second-order valence-corrected chi connectivity index (χ2v) is 11.5. The lowest BCUT2D eigenvalue weighted by Crippen LogP contribution is -2.15. The molecule has 0 spiro atoms. The van der Waals surface area contributed by atoms with E-state index in [1.807, 2.05) is 24.3 Å². The molecule has 2 aliphatic heterocycles. The molecule has 3 aliphatic rings. The third-order valence-electron chi connectivity index (χ3n) is 7.74. The van der Waals surface area contributed by atoms with Crippen LogP contribution in [0.4, 0.5) is 0 Å². The second-order valence-electron chi connectivity index (χ2n) is 11.5. The maximum absolute atomic E-state index is 12.9. The summed E-state index contributed by atoms with van der Waals surface area (Å²) in [5.74, 6) is 0.640. The molecular formula is C29H30N4O3. The van der Waals surface area contributed by atoms with Gasteiger partial charge in [-0.1, -0.05) is 27.7 Å². The molecule has 1 aliphatic carbocycles. The van der Waals surface area contributed by atoms with Gasteiger partial charge in [0.25, 0.3) is 0 Å². The number of nitrogens with one attached hydrogen (secondary N) is 2. The van der Waals surface area contributed by atoms with Crippen LogP contribution >= 0.6 is 0 Å². The number of hydrogen-bond donors (Lipinski definition) is 2. The van der Waals surface area contributed by atoms with Crippen LogP contribution in [-0.2, 0) is 30.1 Å². The van der Waals surface area contributed by atoms with E-state index in [0.717, 1.165) is 56.9 Å². The molecular weight excluding hydrogens is 452 g/mol. The first-order chi connectivity index (χ1) is 17.0. The number of ketones is 2. The summed E-state index contributed by atoms with van der Waals surface area (Å²) in [4.78, 5) is 42.5. The van der Waals surface area contributed by atoms with Crippen LogP contribution in [0, 0.1) is 0 Å². The lowest BCUT2D eigenvalue weighted by Gasteiger charge is -2.16. The van der Waals surface area contributed by atoms with Crippen molar-refractivity contribution >= 4 is 33.6 Å². The number of hydrogen-bond acceptors (Lipinski definition) is 5. The Balaban J connectivity index is 1.81. The van der Waals surface area contributed by atoms with Crippen molar-refractivity contribution in [3.05, 3.63) is 63.7 Å². The third kappa shape index (κ3) is 3.33. The molecule has 7 heteroatoms. The number of methoxy groups -OCH3 is 1. The summed E-state index contributed by atoms with van der Waals surface area (Å²) in [6, 6.07) is 7.83. The van der Waals surface area contributed by atoms with Gasteiger partial charge < -0.3 is 14.7 Å². The third-order valence-corrected chi connectivity index (χ3v) is 7.74. The number of carbonyl (C=O) groups excluding carboxylic acids is 2. The number of rotatable bonds is 2. The first kappa shape index (κ1) is 22.7. The molecule has 3 aromatic rings. The molecule has 8 bridgehead atoms. The number of Topliss-reactive ketones (excluding diaryl/α,β-unsaturated/α-hetero) is 2. The Bertz CT molecular complexity index is 1650. The lowest BCUT2D eigenvalue weighted by molar-refractivity contribution is 0.0996. The molecule has 36 heavy (non-hydrogen) atoms. The molecule has 0 aromatic carbocycles. The Morgan fingerprint density at radius 2 is 1.47 bits per heavy atom. The molecule has 184 valence electrons. The second kappa shape index (κ2) is 7.38. The quantitative estimate of drug-likeness (QED) is 0.483. The molecule has 3 aromatic heterocycles. The van der Waals surface area contributed by atoms with Gasteiger partial charge >= 0.3 is 0 Å². The summed E-state index contributed by atoms with van der Waals surface area (Å²) < 4.78 is 5.87. The zero-order valence-electron chi connectivity index (χ0n) is 21.5. The van der Waals surface area contributed by atoms with E-state index >= 15 is 0 Å². The summed E-state index contributed by atoms with van der Waals surface area (Å²) in [6.45, 7) is 10.2. The molecule has 7 nitrogen and oxygen atoms in total. The number of ether oxygens (including phenoxy) is 1. The van der Waals surface area contributed by atoms with E-state index in [1.165, 1.54) is 0 Å². The fraction of sp³-hybridized carbons (Fsp3) is 0.379. The van der Waals surface area contributed by atoms with Crippen LogP contribution in [0.2, 0.25) is 0 Å². The number of carbonyl (C=O) groups is 2. The Morgan fingerprint density at radius 1 is 0.889 bits per heavy atom. The molecule has 0 unspecified atom stereocenters. The van der Waals surface area contributed by atoms with Crippen molar-refractivity contribution in [2.75, 3.05) is 7.11 Å². The van der Waals surface area contributed by atoms with Crippen molar-refractivity contribution in [2.45, 2.75) is 64.7 Å². The van der Waals surface area contributed by atoms with Crippen LogP contribution in [0.1, 0.15) is 83.7 Å². The molecule has 0 amide bonds. The van der Waals surface area contributed by atoms with Crippen molar-refractivity contribution in [3.63, 3.8) is 0 Å². The predicted octanol–water partition coefficient (Wildman–Crippen LogP) is 5.31. The van der Waals surface area contributed by atoms with Crippen molar-refractivity contribution in [1.29, 1.82) is 0 Å². The molecule has 0 atom stereocenters. The molecule has 2 N–H and O–H groups in total. The highest BCUT2D eigenvalue weighted by Crippen LogP contribution is 2.39. The van der Waals surface area contributed by atoms with Gasteiger partial charge in [0.05, 0.1) is 23.8 Å². The highest BCUT2D eigenvalue weighted by Gasteiger charge is 2.35. The van der Waals surface area contributed by atoms with Crippen LogP contribution < -0.4 is 4.74 Å². The molecule has 0 radical (unpaired) electrons. The van der Waals surface area contributed by atoms with Gasteiger partial charge in [0.1, 0.15) is 0 Å². The van der Waals surface area contributed by atoms with E-state index in [-0.39, 0.29) is 22.4 Å². The fourth-order valence-corrected chi connectivity index (χ4v) is 5.72. The van der Waals surface area contributed by atoms with Gasteiger partial charge in [-0.15, -0.1) is 0 Å². The SMILES string of the molecule is COc1c2nc(cc3cc4c([nH]3)c(c3nc(cc5cc(C(C)=O)c1[nH]5)C(C)(C)C3)CC4=O)C(C)(C)C2. The van der Waals surface area contributed by atoms with Crippen molar-refractivity contribution < 1.29 is 14.3 Å². The van der Waals surface area contributed by atoms with Crippen molar-refractivity contribution in [1.82, 2.24) is 19.9 Å². The maximum Gasteiger partial charge on any atom is 0.169 e. The van der Waals surface area contributed by atoms with Crippen LogP contribution in [0.5, 0.6) is 5.75 Å². The summed E-state index contributed by atoms with van der Waals surface area (Å²) in [5, 5.41) is 0. The van der Waals surface area contributed by atoms with Gasteiger partial charge in [0.15, 0.2) is 17.3 Å². The van der Waals surface area contributed by atoms with Gasteiger partial charge in [-0.05, 0) is 31.2 Å². The lowest BCUT2D eigenvalue weighted by atomic mass is 9.86. The number of nitrogens with zero attached hydrogens (tertiary/aromatic N) is 2. The Morgan fingerprint density at radius 3 is 2.11 bits per heavy atom. The minimum atomic E-state index is -0.250. The van der Waals surface area contributed by atoms with Gasteiger partial charge in [0, 0.05) is 74.9 Å². The first-order valence-electron chi connectivity index (χ1n) is 12.3. The van der Waals surface area contributed by atoms with Crippen LogP contribution in [0.15, 0.2) is 24.3 Å². The molecule has 5 heterocycles. The predicted molar refractivity (Wildman–Crippen MR) is 139 cm³/mol. The van der Waals surface area contributed by atoms with E-state index in [2.05, 4.69) is 37.7 Å². The van der Waals surface area contributed by atoms with Crippen LogP contribution in [0.25, 0.3) is 22.1 Å². The summed E-state index contributed by atoms with van der Waals surface area (Å²) in [6.07, 6.45) is 1.76. The highest BCUT2D eigenvalue weighted by atomic mass is 16.5. The largest absolute Gasteiger partial charge is 0.493 e. The van der Waals surface area contributed by atoms with Gasteiger partial charge in [-0.2, -0.15) is 0 Å². The maximum atomic E-state index is 12.9. The van der Waals surface area contributed by atoms with Crippen LogP contribution in [0.3, 0.4) is 0 Å². The zero-order valence-corrected chi connectivity index (χ0v) is 21.5. The average Bonchev–Trinajstić information content (AvgIpc) is 3.56. The Hall–Kier alpha value is -3.74. The van der Waals surface area contributed by atoms with E-state index < -0.39 is 0 Å². The summed E-state index contributed by atoms with van der Waals surface area (Å²) in [7, 11) is 1.61. The standard InChI is InChI=1S/C29H30N4O3/c1-14(34)17-7-15-9-23-28(2,3)12-20(32-23)18-11-22(35)19-8-16(30-25(18)19)10-24-29(4,5)13-21(33-24)27(36-6)26(17)31-15/h7-10,30-31H,11-13H2,1-6H3. The average molecular weight is 483 g/mol. The molecule has 0 saturated heterocycles. The van der Waals surface area contributed by atoms with E-state index in [1.54, 1.807) is 14.0 Å². The van der Waals surface area contributed by atoms with E-state index in [9.17, 15) is 9.59 Å². The van der Waals surface area contributed by atoms with Crippen molar-refractivity contribution in [3.8, 4) is 5.75 Å². The molecule has 6 rings (SSSR count). The highest BCUT2D eigenvalue weighted by molar-refractivity contribution is 6.11. The Labute approximate surface area is 209 Å². The van der Waals surface area contributed by atoms with Crippen molar-refractivity contribution in [2.24, 2.45) is 0 Å². The number of aromatic nitrogens is 4. The van der Waals surface area contributed by atoms with Crippen LogP contribution in [-0.4, -0.2) is 38.6 Å². The van der Waals surface area contributed by atoms with Gasteiger partial charge in [0.2, 0.25) is 0 Å². The fourth-order valence-electron chi connectivity index (χ4n) is 5.72. The molecule has 0 fully saturated rings. The topological polar surface area (TPSA) is 101 Å². The number of fused-ring (bicyclic) bond motifs is 8. The molecule has 0 saturated carbocycles. The van der Waals surface area contributed by atoms with Gasteiger partial charge in [-0.3, -0.25) is 19.6 Å². The monoisotopic (exact) mass is 482 g/mol. The Kier molecular flexibility index (Phi) is 4.66. The number of aromatic amines is 2. The summed E-state index contributed by atoms with van der Waals surface area (Å²) in [5.41, 5.74) is 8.48. The summed E-state index contributed by atoms with van der Waals surface area (Å²) >= 11 is 0. The first-order valence-corrected chi connectivity index (χ1v) is 12.3. The number of H-pyrrole nitrogens is 2. The minimum Gasteiger partial charge on any atom is -0.493 e. The zero-order chi connectivity index (χ0) is 25.6. The van der Waals surface area contributed by atoms with Gasteiger partial charge in [-0.25, -0.2) is 0 Å². The smallest absolute Gasteiger partial charge is 0.169 e. The normalized spacial score (nSPS) is 17.4. The minimum absolute atomic E-state index is 0.0481. The van der Waals surface area contributed by atoms with E-state index in [0.29, 0.717) is 29.7 Å². The van der Waals surface area contributed by atoms with E-state index in [4.69, 9.17) is 14.7 Å².